The second-order valence-corrected chi connectivity index (χ2v) is 9.95. The summed E-state index contributed by atoms with van der Waals surface area (Å²) in [5.41, 5.74) is 2.52. The highest BCUT2D eigenvalue weighted by molar-refractivity contribution is 5.83. The van der Waals surface area contributed by atoms with Gasteiger partial charge >= 0.3 is 6.36 Å². The summed E-state index contributed by atoms with van der Waals surface area (Å²) in [6, 6.07) is 13.6. The third-order valence-corrected chi connectivity index (χ3v) is 8.00. The van der Waals surface area contributed by atoms with E-state index in [1.165, 1.54) is 12.1 Å². The molecule has 5 nitrogen and oxygen atoms in total. The minimum atomic E-state index is -4.72. The Hall–Kier alpha value is -2.81. The minimum absolute atomic E-state index is 0. The van der Waals surface area contributed by atoms with Crippen molar-refractivity contribution in [2.75, 3.05) is 20.2 Å². The second-order valence-electron chi connectivity index (χ2n) is 9.95. The quantitative estimate of drug-likeness (QED) is 0.374. The van der Waals surface area contributed by atoms with Crippen LogP contribution in [0.5, 0.6) is 11.5 Å². The first-order valence-electron chi connectivity index (χ1n) is 12.1. The van der Waals surface area contributed by atoms with Crippen LogP contribution in [-0.4, -0.2) is 47.2 Å². The van der Waals surface area contributed by atoms with E-state index < -0.39 is 12.5 Å². The molecule has 4 heterocycles. The first kappa shape index (κ1) is 27.2. The number of ether oxygens (including phenoxy) is 2. The van der Waals surface area contributed by atoms with Crippen molar-refractivity contribution < 1.29 is 44.6 Å². The molecule has 2 bridgehead atoms. The van der Waals surface area contributed by atoms with Crippen molar-refractivity contribution in [2.24, 2.45) is 11.8 Å². The van der Waals surface area contributed by atoms with E-state index in [-0.39, 0.29) is 24.2 Å². The van der Waals surface area contributed by atoms with Crippen LogP contribution in [0.3, 0.4) is 0 Å². The van der Waals surface area contributed by atoms with Crippen molar-refractivity contribution in [2.45, 2.75) is 37.9 Å². The normalized spacial score (nSPS) is 25.8. The summed E-state index contributed by atoms with van der Waals surface area (Å²) >= 11 is 0. The topological polar surface area (TPSA) is 51.6 Å². The Kier molecular flexibility index (Phi) is 7.74. The average Bonchev–Trinajstić information content (AvgIpc) is 2.87. The number of hydrogen-bond acceptors (Lipinski definition) is 4. The predicted octanol–water partition coefficient (Wildman–Crippen LogP) is 2.79. The van der Waals surface area contributed by atoms with Crippen molar-refractivity contribution in [3.8, 4) is 11.5 Å². The van der Waals surface area contributed by atoms with Crippen molar-refractivity contribution in [1.29, 1.82) is 0 Å². The Balaban J connectivity index is 0.00000320. The lowest BCUT2D eigenvalue weighted by atomic mass is 9.71. The molecule has 3 aliphatic rings. The van der Waals surface area contributed by atoms with Crippen LogP contribution in [-0.2, 0) is 6.54 Å². The Labute approximate surface area is 220 Å². The number of aliphatic hydroxyl groups is 1. The fraction of sp³-hybridized carbons (Fsp3) is 0.393. The molecule has 3 aromatic rings. The number of rotatable bonds is 7. The molecule has 3 saturated heterocycles. The van der Waals surface area contributed by atoms with E-state index >= 15 is 0 Å². The molecule has 0 spiro atoms. The number of fused-ring (bicyclic) bond motifs is 4. The zero-order valence-corrected chi connectivity index (χ0v) is 21.3. The zero-order chi connectivity index (χ0) is 25.5. The van der Waals surface area contributed by atoms with E-state index in [1.807, 2.05) is 30.3 Å². The second kappa shape index (κ2) is 10.5. The maximum atomic E-state index is 12.6. The highest BCUT2D eigenvalue weighted by Gasteiger charge is 2.54. The molecule has 9 heteroatoms. The SMILES string of the molecule is C=CC1C[N+]2(Cc3ccc(OC(F)(F)F)cc3)CCC1CC2[C@H](O)c1ccnc2ccc(OC)cc12.[Cl-]. The van der Waals surface area contributed by atoms with Crippen LogP contribution in [0, 0.1) is 11.8 Å². The molecule has 1 N–H and O–H groups in total. The Morgan fingerprint density at radius 2 is 1.89 bits per heavy atom. The van der Waals surface area contributed by atoms with Crippen molar-refractivity contribution in [3.63, 3.8) is 0 Å². The molecule has 5 atom stereocenters. The largest absolute Gasteiger partial charge is 1.00 e. The molecular weight excluding hydrogens is 505 g/mol. The molecule has 4 unspecified atom stereocenters. The van der Waals surface area contributed by atoms with Gasteiger partial charge in [0.25, 0.3) is 0 Å². The molecule has 0 radical (unpaired) electrons. The molecular formula is C28H30ClF3N2O3. The van der Waals surface area contributed by atoms with Crippen molar-refractivity contribution in [1.82, 2.24) is 4.98 Å². The van der Waals surface area contributed by atoms with Gasteiger partial charge in [-0.25, -0.2) is 0 Å². The number of hydrogen-bond donors (Lipinski definition) is 1. The summed E-state index contributed by atoms with van der Waals surface area (Å²) in [7, 11) is 1.61. The van der Waals surface area contributed by atoms with Gasteiger partial charge in [-0.3, -0.25) is 4.98 Å². The molecule has 37 heavy (non-hydrogen) atoms. The average molecular weight is 535 g/mol. The van der Waals surface area contributed by atoms with E-state index in [2.05, 4.69) is 16.3 Å². The van der Waals surface area contributed by atoms with Gasteiger partial charge in [-0.2, -0.15) is 0 Å². The Morgan fingerprint density at radius 1 is 1.16 bits per heavy atom. The van der Waals surface area contributed by atoms with Gasteiger partial charge in [0.15, 0.2) is 0 Å². The fourth-order valence-electron chi connectivity index (χ4n) is 6.28. The molecule has 0 amide bonds. The number of nitrogens with zero attached hydrogens (tertiary/aromatic N) is 2. The van der Waals surface area contributed by atoms with Gasteiger partial charge in [-0.1, -0.05) is 6.08 Å². The smallest absolute Gasteiger partial charge is 0.573 e. The summed E-state index contributed by atoms with van der Waals surface area (Å²) in [6.45, 7) is 6.39. The summed E-state index contributed by atoms with van der Waals surface area (Å²) in [5.74, 6) is 1.25. The summed E-state index contributed by atoms with van der Waals surface area (Å²) < 4.78 is 47.9. The van der Waals surface area contributed by atoms with Gasteiger partial charge in [0.2, 0.25) is 0 Å². The van der Waals surface area contributed by atoms with E-state index in [0.717, 1.165) is 48.0 Å². The monoisotopic (exact) mass is 534 g/mol. The number of aliphatic hydroxyl groups excluding tert-OH is 1. The molecule has 0 saturated carbocycles. The van der Waals surface area contributed by atoms with Crippen LogP contribution in [0.25, 0.3) is 10.9 Å². The number of piperidine rings is 3. The van der Waals surface area contributed by atoms with Gasteiger partial charge in [-0.05, 0) is 60.0 Å². The van der Waals surface area contributed by atoms with E-state index in [1.54, 1.807) is 25.4 Å². The number of quaternary nitrogens is 1. The molecule has 2 aromatic carbocycles. The van der Waals surface area contributed by atoms with Gasteiger partial charge in [0.05, 0.1) is 25.7 Å². The molecule has 1 aromatic heterocycles. The highest BCUT2D eigenvalue weighted by atomic mass is 35.5. The third kappa shape index (κ3) is 5.42. The summed E-state index contributed by atoms with van der Waals surface area (Å²) in [6.07, 6.45) is 0.164. The zero-order valence-electron chi connectivity index (χ0n) is 20.5. The van der Waals surface area contributed by atoms with E-state index in [9.17, 15) is 18.3 Å². The number of halogens is 4. The summed E-state index contributed by atoms with van der Waals surface area (Å²) in [4.78, 5) is 4.46. The maximum absolute atomic E-state index is 12.6. The van der Waals surface area contributed by atoms with Crippen LogP contribution in [0.4, 0.5) is 13.2 Å². The van der Waals surface area contributed by atoms with Crippen LogP contribution in [0.2, 0.25) is 0 Å². The first-order chi connectivity index (χ1) is 17.2. The lowest BCUT2D eigenvalue weighted by Crippen LogP contribution is -3.00. The highest BCUT2D eigenvalue weighted by Crippen LogP contribution is 2.48. The van der Waals surface area contributed by atoms with Gasteiger partial charge < -0.3 is 31.5 Å². The number of aromatic nitrogens is 1. The van der Waals surface area contributed by atoms with E-state index in [0.29, 0.717) is 28.6 Å². The molecule has 3 aliphatic heterocycles. The molecule has 0 aliphatic carbocycles. The van der Waals surface area contributed by atoms with Crippen LogP contribution < -0.4 is 21.9 Å². The Bertz CT molecular complexity index is 1250. The van der Waals surface area contributed by atoms with Crippen LogP contribution >= 0.6 is 0 Å². The standard InChI is InChI=1S/C28H30F3N2O3.ClH/c1-3-19-17-33(16-18-4-6-21(7-5-18)36-28(29,30)31)13-11-20(19)14-26(33)27(34)23-10-12-32-25-9-8-22(35-2)15-24(23)25;/h3-10,12,15,19-20,26-27,34H,1,11,13-14,16-17H2,2H3;1H/q+1;/p-1/t19?,20?,26?,27-,33?;/m1./s1. The lowest BCUT2D eigenvalue weighted by molar-refractivity contribution is -0.984. The van der Waals surface area contributed by atoms with E-state index in [4.69, 9.17) is 4.74 Å². The number of alkyl halides is 3. The van der Waals surface area contributed by atoms with Gasteiger partial charge in [0.1, 0.15) is 30.2 Å². The fourth-order valence-corrected chi connectivity index (χ4v) is 6.28. The lowest BCUT2D eigenvalue weighted by Gasteiger charge is -2.58. The number of methoxy groups -OCH3 is 1. The Morgan fingerprint density at radius 3 is 2.57 bits per heavy atom. The third-order valence-electron chi connectivity index (χ3n) is 8.00. The minimum Gasteiger partial charge on any atom is -1.00 e. The molecule has 198 valence electrons. The number of pyridine rings is 1. The molecule has 3 fully saturated rings. The van der Waals surface area contributed by atoms with Crippen LogP contribution in [0.1, 0.15) is 30.1 Å². The molecule has 6 rings (SSSR count). The maximum Gasteiger partial charge on any atom is 0.573 e. The van der Waals surface area contributed by atoms with Gasteiger partial charge in [0, 0.05) is 35.9 Å². The van der Waals surface area contributed by atoms with Crippen molar-refractivity contribution in [3.05, 3.63) is 78.5 Å². The number of benzene rings is 2. The first-order valence-corrected chi connectivity index (χ1v) is 12.1. The van der Waals surface area contributed by atoms with Gasteiger partial charge in [-0.15, -0.1) is 19.8 Å². The van der Waals surface area contributed by atoms with Crippen molar-refractivity contribution >= 4 is 10.9 Å². The summed E-state index contributed by atoms with van der Waals surface area (Å²) in [5, 5.41) is 12.7. The van der Waals surface area contributed by atoms with Crippen LogP contribution in [0.15, 0.2) is 67.4 Å². The predicted molar refractivity (Wildman–Crippen MR) is 130 cm³/mol.